The average Bonchev–Trinajstić information content (AvgIpc) is 2.36. The Labute approximate surface area is 130 Å². The van der Waals surface area contributed by atoms with Gasteiger partial charge in [-0.3, -0.25) is 0 Å². The predicted octanol–water partition coefficient (Wildman–Crippen LogP) is 3.72. The second-order valence-electron chi connectivity index (χ2n) is 7.30. The van der Waals surface area contributed by atoms with Crippen molar-refractivity contribution in [2.75, 3.05) is 0 Å². The molecule has 1 rings (SSSR count). The third kappa shape index (κ3) is 11.1. The second-order valence-corrected chi connectivity index (χ2v) is 18.1. The molecule has 0 aliphatic carbocycles. The first-order chi connectivity index (χ1) is 9.07. The van der Waals surface area contributed by atoms with E-state index in [0.717, 1.165) is 16.2 Å². The van der Waals surface area contributed by atoms with Crippen molar-refractivity contribution >= 4 is 26.6 Å². The Hall–Kier alpha value is -0.769. The molecular weight excluding hydrogens is 292 g/mol. The summed E-state index contributed by atoms with van der Waals surface area (Å²) in [4.78, 5) is 0. The summed E-state index contributed by atoms with van der Waals surface area (Å²) in [5, 5.41) is 0. The van der Waals surface area contributed by atoms with E-state index in [1.54, 1.807) is 0 Å². The zero-order valence-corrected chi connectivity index (χ0v) is 18.2. The van der Waals surface area contributed by atoms with E-state index in [2.05, 4.69) is 69.1 Å². The average molecular weight is 323 g/mol. The standard InChI is InChI=1S/C11H20OSi2.C5H10Si/c1-14(2,3)9-8-10-4-6-11(12-13)7-5-10;1-5-6(2,3)4/h4-7H,8-9H2,1-3,13H3;1H,2-4H3. The normalized spacial score (nSPS) is 11.2. The van der Waals surface area contributed by atoms with E-state index in [1.807, 2.05) is 0 Å². The first-order valence-electron chi connectivity index (χ1n) is 7.18. The molecule has 0 amide bonds. The Bertz CT molecular complexity index is 419. The maximum atomic E-state index is 5.26. The van der Waals surface area contributed by atoms with E-state index in [-0.39, 0.29) is 0 Å². The van der Waals surface area contributed by atoms with Crippen LogP contribution in [0.1, 0.15) is 5.56 Å². The molecule has 0 radical (unpaired) electrons. The number of rotatable bonds is 4. The molecule has 1 aromatic rings. The molecule has 0 N–H and O–H groups in total. The van der Waals surface area contributed by atoms with Crippen LogP contribution in [-0.4, -0.2) is 26.6 Å². The molecule has 1 aromatic carbocycles. The van der Waals surface area contributed by atoms with Crippen LogP contribution >= 0.6 is 0 Å². The molecule has 0 aliphatic heterocycles. The topological polar surface area (TPSA) is 9.23 Å². The number of terminal acetylenes is 1. The molecule has 112 valence electrons. The lowest BCUT2D eigenvalue weighted by Crippen LogP contribution is -2.19. The van der Waals surface area contributed by atoms with Gasteiger partial charge < -0.3 is 4.43 Å². The molecule has 0 saturated heterocycles. The maximum Gasteiger partial charge on any atom is 0.204 e. The molecule has 0 bridgehead atoms. The molecule has 0 heterocycles. The van der Waals surface area contributed by atoms with E-state index in [0.29, 0.717) is 0 Å². The first-order valence-corrected chi connectivity index (χ1v) is 15.2. The fraction of sp³-hybridized carbons (Fsp3) is 0.500. The van der Waals surface area contributed by atoms with Gasteiger partial charge in [0.2, 0.25) is 10.5 Å². The minimum Gasteiger partial charge on any atom is -0.553 e. The Morgan fingerprint density at radius 2 is 1.50 bits per heavy atom. The number of benzene rings is 1. The van der Waals surface area contributed by atoms with Gasteiger partial charge in [-0.05, 0) is 24.1 Å². The fourth-order valence-corrected chi connectivity index (χ4v) is 2.62. The summed E-state index contributed by atoms with van der Waals surface area (Å²) in [6.45, 7) is 13.7. The largest absolute Gasteiger partial charge is 0.553 e. The van der Waals surface area contributed by atoms with Gasteiger partial charge in [0.15, 0.2) is 0 Å². The predicted molar refractivity (Wildman–Crippen MR) is 101 cm³/mol. The number of hydrogen-bond donors (Lipinski definition) is 0. The van der Waals surface area contributed by atoms with Gasteiger partial charge in [-0.25, -0.2) is 0 Å². The van der Waals surface area contributed by atoms with E-state index >= 15 is 0 Å². The molecule has 20 heavy (non-hydrogen) atoms. The van der Waals surface area contributed by atoms with Gasteiger partial charge >= 0.3 is 0 Å². The van der Waals surface area contributed by atoms with Crippen LogP contribution in [0, 0.1) is 12.0 Å². The summed E-state index contributed by atoms with van der Waals surface area (Å²) in [5.74, 6) is 1.01. The molecule has 0 aromatic heterocycles. The third-order valence-electron chi connectivity index (χ3n) is 2.76. The molecule has 0 atom stereocenters. The van der Waals surface area contributed by atoms with Crippen molar-refractivity contribution in [1.82, 2.24) is 0 Å². The lowest BCUT2D eigenvalue weighted by Gasteiger charge is -2.15. The minimum atomic E-state index is -1.10. The molecule has 1 nitrogen and oxygen atoms in total. The summed E-state index contributed by atoms with van der Waals surface area (Å²) >= 11 is 0. The smallest absolute Gasteiger partial charge is 0.204 e. The monoisotopic (exact) mass is 322 g/mol. The van der Waals surface area contributed by atoms with Crippen LogP contribution in [0.15, 0.2) is 24.3 Å². The zero-order valence-electron chi connectivity index (χ0n) is 14.2. The van der Waals surface area contributed by atoms with Crippen LogP contribution in [0.3, 0.4) is 0 Å². The number of hydrogen-bond acceptors (Lipinski definition) is 1. The van der Waals surface area contributed by atoms with E-state index in [9.17, 15) is 0 Å². The Morgan fingerprint density at radius 1 is 1.05 bits per heavy atom. The van der Waals surface area contributed by atoms with Gasteiger partial charge in [0.05, 0.1) is 0 Å². The van der Waals surface area contributed by atoms with Crippen molar-refractivity contribution in [3.63, 3.8) is 0 Å². The summed E-state index contributed by atoms with van der Waals surface area (Å²) < 4.78 is 5.26. The van der Waals surface area contributed by atoms with Crippen LogP contribution in [0.5, 0.6) is 5.75 Å². The molecule has 0 aliphatic rings. The first kappa shape index (κ1) is 19.2. The van der Waals surface area contributed by atoms with Crippen molar-refractivity contribution in [2.45, 2.75) is 51.7 Å². The van der Waals surface area contributed by atoms with Crippen LogP contribution in [-0.2, 0) is 6.42 Å². The van der Waals surface area contributed by atoms with Gasteiger partial charge in [-0.2, -0.15) is 0 Å². The molecule has 4 heteroatoms. The Balaban J connectivity index is 0.000000511. The highest BCUT2D eigenvalue weighted by molar-refractivity contribution is 6.83. The quantitative estimate of drug-likeness (QED) is 0.606. The van der Waals surface area contributed by atoms with E-state index in [1.165, 1.54) is 18.0 Å². The summed E-state index contributed by atoms with van der Waals surface area (Å²) in [5.41, 5.74) is 4.18. The van der Waals surface area contributed by atoms with Gasteiger partial charge in [-0.15, -0.1) is 12.0 Å². The number of aryl methyl sites for hydroxylation is 1. The van der Waals surface area contributed by atoms with Crippen molar-refractivity contribution in [3.05, 3.63) is 29.8 Å². The minimum absolute atomic E-state index is 0.776. The zero-order chi connectivity index (χ0) is 15.8. The van der Waals surface area contributed by atoms with E-state index < -0.39 is 16.1 Å². The highest BCUT2D eigenvalue weighted by Gasteiger charge is 2.12. The van der Waals surface area contributed by atoms with Gasteiger partial charge in [-0.1, -0.05) is 57.5 Å². The van der Waals surface area contributed by atoms with Gasteiger partial charge in [0.1, 0.15) is 13.8 Å². The molecular formula is C16H30OSi3. The van der Waals surface area contributed by atoms with Gasteiger partial charge in [0.25, 0.3) is 0 Å². The highest BCUT2D eigenvalue weighted by Crippen LogP contribution is 2.16. The molecule has 0 spiro atoms. The van der Waals surface area contributed by atoms with Crippen LogP contribution in [0.2, 0.25) is 45.3 Å². The Kier molecular flexibility index (Phi) is 8.18. The lowest BCUT2D eigenvalue weighted by molar-refractivity contribution is 0.616. The van der Waals surface area contributed by atoms with Gasteiger partial charge in [0, 0.05) is 8.07 Å². The van der Waals surface area contributed by atoms with Crippen molar-refractivity contribution in [1.29, 1.82) is 0 Å². The molecule has 0 saturated carbocycles. The van der Waals surface area contributed by atoms with Crippen LogP contribution < -0.4 is 4.43 Å². The third-order valence-corrected chi connectivity index (χ3v) is 5.84. The molecule has 0 fully saturated rings. The summed E-state index contributed by atoms with van der Waals surface area (Å²) in [6.07, 6.45) is 6.34. The van der Waals surface area contributed by atoms with Crippen molar-refractivity contribution in [3.8, 4) is 17.7 Å². The summed E-state index contributed by atoms with van der Waals surface area (Å²) in [7, 11) is -1.21. The second kappa shape index (κ2) is 8.50. The van der Waals surface area contributed by atoms with Crippen LogP contribution in [0.4, 0.5) is 0 Å². The SMILES string of the molecule is C#C[Si](C)(C)C.C[Si](C)(C)CCc1ccc(O[SiH3])cc1. The van der Waals surface area contributed by atoms with Crippen molar-refractivity contribution < 1.29 is 4.43 Å². The fourth-order valence-electron chi connectivity index (χ4n) is 1.31. The van der Waals surface area contributed by atoms with Crippen molar-refractivity contribution in [2.24, 2.45) is 0 Å². The maximum absolute atomic E-state index is 5.26. The van der Waals surface area contributed by atoms with E-state index in [4.69, 9.17) is 10.8 Å². The highest BCUT2D eigenvalue weighted by atomic mass is 28.3. The Morgan fingerprint density at radius 3 is 1.80 bits per heavy atom. The summed E-state index contributed by atoms with van der Waals surface area (Å²) in [6, 6.07) is 9.90. The molecule has 0 unspecified atom stereocenters. The van der Waals surface area contributed by atoms with Crippen LogP contribution in [0.25, 0.3) is 0 Å². The lowest BCUT2D eigenvalue weighted by atomic mass is 10.2.